The van der Waals surface area contributed by atoms with Crippen molar-refractivity contribution in [1.29, 1.82) is 5.26 Å². The molecule has 1 aromatic heterocycles. The molecule has 0 radical (unpaired) electrons. The van der Waals surface area contributed by atoms with Crippen molar-refractivity contribution in [2.45, 2.75) is 30.3 Å². The van der Waals surface area contributed by atoms with Crippen LogP contribution in [-0.4, -0.2) is 87.2 Å². The minimum Gasteiger partial charge on any atom is -0.495 e. The molecule has 2 aliphatic heterocycles. The van der Waals surface area contributed by atoms with Gasteiger partial charge in [0.25, 0.3) is 0 Å². The van der Waals surface area contributed by atoms with Crippen LogP contribution < -0.4 is 14.8 Å². The molecule has 0 aliphatic carbocycles. The van der Waals surface area contributed by atoms with Gasteiger partial charge in [-0.05, 0) is 56.4 Å². The Balaban J connectivity index is 1.34. The third kappa shape index (κ3) is 6.77. The third-order valence-electron chi connectivity index (χ3n) is 7.23. The standard InChI is InChI=1S/C29H34N6O5S/c1-34-12-3-13-35(15-14-34)41(36,37)28-7-5-23(19-27(28)38-2)32-29-31-11-8-25(33-29)21-4-6-26(22(18-21)20-30)40-24-9-16-39-17-10-24/h4-8,11,18-19,24H,3,9-10,12-17H2,1-2H3,(H,31,32,33). The monoisotopic (exact) mass is 578 g/mol. The van der Waals surface area contributed by atoms with E-state index in [4.69, 9.17) is 14.2 Å². The number of rotatable bonds is 8. The average molecular weight is 579 g/mol. The minimum absolute atomic E-state index is 0.0287. The summed E-state index contributed by atoms with van der Waals surface area (Å²) in [5, 5.41) is 12.9. The van der Waals surface area contributed by atoms with Crippen LogP contribution in [-0.2, 0) is 14.8 Å². The molecule has 0 amide bonds. The lowest BCUT2D eigenvalue weighted by molar-refractivity contribution is 0.0254. The highest BCUT2D eigenvalue weighted by molar-refractivity contribution is 7.89. The summed E-state index contributed by atoms with van der Waals surface area (Å²) in [7, 11) is -0.277. The zero-order chi connectivity index (χ0) is 28.8. The number of hydrogen-bond acceptors (Lipinski definition) is 10. The van der Waals surface area contributed by atoms with Crippen LogP contribution in [0.3, 0.4) is 0 Å². The van der Waals surface area contributed by atoms with E-state index in [0.29, 0.717) is 61.5 Å². The first-order valence-corrected chi connectivity index (χ1v) is 15.1. The number of nitrogens with one attached hydrogen (secondary N) is 1. The molecule has 0 bridgehead atoms. The van der Waals surface area contributed by atoms with Crippen LogP contribution >= 0.6 is 0 Å². The van der Waals surface area contributed by atoms with Gasteiger partial charge in [0.2, 0.25) is 16.0 Å². The maximum Gasteiger partial charge on any atom is 0.246 e. The normalized spacial score (nSPS) is 17.4. The molecule has 3 aromatic rings. The molecule has 0 atom stereocenters. The van der Waals surface area contributed by atoms with Gasteiger partial charge in [-0.2, -0.15) is 9.57 Å². The number of nitrogens with zero attached hydrogens (tertiary/aromatic N) is 5. The van der Waals surface area contributed by atoms with Crippen molar-refractivity contribution < 1.29 is 22.6 Å². The molecule has 216 valence electrons. The number of anilines is 2. The summed E-state index contributed by atoms with van der Waals surface area (Å²) in [4.78, 5) is 11.2. The summed E-state index contributed by atoms with van der Waals surface area (Å²) >= 11 is 0. The van der Waals surface area contributed by atoms with Crippen molar-refractivity contribution in [2.24, 2.45) is 0 Å². The molecule has 41 heavy (non-hydrogen) atoms. The predicted molar refractivity (Wildman–Crippen MR) is 154 cm³/mol. The second-order valence-corrected chi connectivity index (χ2v) is 12.0. The van der Waals surface area contributed by atoms with E-state index in [0.717, 1.165) is 31.4 Å². The molecule has 2 aliphatic rings. The maximum atomic E-state index is 13.4. The van der Waals surface area contributed by atoms with E-state index in [9.17, 15) is 13.7 Å². The van der Waals surface area contributed by atoms with Gasteiger partial charge >= 0.3 is 0 Å². The van der Waals surface area contributed by atoms with Crippen LogP contribution in [0.2, 0.25) is 0 Å². The van der Waals surface area contributed by atoms with Crippen LogP contribution in [0.25, 0.3) is 11.3 Å². The van der Waals surface area contributed by atoms with E-state index in [1.165, 1.54) is 11.4 Å². The van der Waals surface area contributed by atoms with Crippen molar-refractivity contribution in [1.82, 2.24) is 19.2 Å². The lowest BCUT2D eigenvalue weighted by Gasteiger charge is -2.23. The van der Waals surface area contributed by atoms with Gasteiger partial charge in [-0.1, -0.05) is 0 Å². The lowest BCUT2D eigenvalue weighted by atomic mass is 10.1. The Morgan fingerprint density at radius 1 is 1.05 bits per heavy atom. The van der Waals surface area contributed by atoms with E-state index in [1.807, 2.05) is 13.1 Å². The van der Waals surface area contributed by atoms with E-state index in [-0.39, 0.29) is 16.7 Å². The first-order chi connectivity index (χ1) is 19.9. The Morgan fingerprint density at radius 2 is 1.88 bits per heavy atom. The van der Waals surface area contributed by atoms with Crippen LogP contribution in [0.1, 0.15) is 24.8 Å². The molecule has 2 saturated heterocycles. The number of likely N-dealkylation sites (N-methyl/N-ethyl adjacent to an activating group) is 1. The van der Waals surface area contributed by atoms with Crippen LogP contribution in [0.15, 0.2) is 53.6 Å². The summed E-state index contributed by atoms with van der Waals surface area (Å²) in [6.45, 7) is 3.74. The number of hydrogen-bond donors (Lipinski definition) is 1. The largest absolute Gasteiger partial charge is 0.495 e. The van der Waals surface area contributed by atoms with Gasteiger partial charge in [0.15, 0.2) is 0 Å². The minimum atomic E-state index is -3.72. The van der Waals surface area contributed by atoms with E-state index >= 15 is 0 Å². The van der Waals surface area contributed by atoms with Gasteiger partial charge in [-0.25, -0.2) is 18.4 Å². The Morgan fingerprint density at radius 3 is 2.66 bits per heavy atom. The highest BCUT2D eigenvalue weighted by Gasteiger charge is 2.29. The molecular weight excluding hydrogens is 544 g/mol. The number of nitriles is 1. The summed E-state index contributed by atoms with van der Waals surface area (Å²) in [6.07, 6.45) is 4.01. The molecule has 12 heteroatoms. The van der Waals surface area contributed by atoms with Gasteiger partial charge in [-0.15, -0.1) is 0 Å². The van der Waals surface area contributed by atoms with E-state index < -0.39 is 10.0 Å². The average Bonchev–Trinajstić information content (AvgIpc) is 3.22. The Kier molecular flexibility index (Phi) is 8.99. The Labute approximate surface area is 240 Å². The molecule has 0 spiro atoms. The zero-order valence-electron chi connectivity index (χ0n) is 23.2. The summed E-state index contributed by atoms with van der Waals surface area (Å²) < 4.78 is 45.3. The number of ether oxygens (including phenoxy) is 3. The Bertz CT molecular complexity index is 1520. The fourth-order valence-electron chi connectivity index (χ4n) is 4.92. The Hall–Kier alpha value is -3.76. The molecule has 2 fully saturated rings. The SMILES string of the molecule is COc1cc(Nc2nccc(-c3ccc(OC4CCOCC4)c(C#N)c3)n2)ccc1S(=O)(=O)N1CCCN(C)CC1. The van der Waals surface area contributed by atoms with Gasteiger partial charge in [-0.3, -0.25) is 0 Å². The third-order valence-corrected chi connectivity index (χ3v) is 9.17. The predicted octanol–water partition coefficient (Wildman–Crippen LogP) is 3.65. The quantitative estimate of drug-likeness (QED) is 0.423. The number of methoxy groups -OCH3 is 1. The molecule has 1 N–H and O–H groups in total. The maximum absolute atomic E-state index is 13.4. The molecule has 0 saturated carbocycles. The van der Waals surface area contributed by atoms with Crippen molar-refractivity contribution in [2.75, 3.05) is 58.9 Å². The molecule has 3 heterocycles. The van der Waals surface area contributed by atoms with E-state index in [2.05, 4.69) is 26.3 Å². The first-order valence-electron chi connectivity index (χ1n) is 13.6. The molecule has 5 rings (SSSR count). The summed E-state index contributed by atoms with van der Waals surface area (Å²) in [6, 6.07) is 14.2. The summed E-state index contributed by atoms with van der Waals surface area (Å²) in [5.41, 5.74) is 2.37. The van der Waals surface area contributed by atoms with Crippen molar-refractivity contribution in [3.63, 3.8) is 0 Å². The highest BCUT2D eigenvalue weighted by Crippen LogP contribution is 2.32. The second-order valence-electron chi connectivity index (χ2n) is 10.1. The van der Waals surface area contributed by atoms with Crippen molar-refractivity contribution in [3.05, 3.63) is 54.2 Å². The van der Waals surface area contributed by atoms with Gasteiger partial charge in [0, 0.05) is 56.0 Å². The smallest absolute Gasteiger partial charge is 0.246 e. The van der Waals surface area contributed by atoms with Crippen LogP contribution in [0.5, 0.6) is 11.5 Å². The second kappa shape index (κ2) is 12.8. The summed E-state index contributed by atoms with van der Waals surface area (Å²) in [5.74, 6) is 1.10. The zero-order valence-corrected chi connectivity index (χ0v) is 24.1. The number of sulfonamides is 1. The fraction of sp³-hybridized carbons (Fsp3) is 0.414. The number of aromatic nitrogens is 2. The first kappa shape index (κ1) is 28.8. The van der Waals surface area contributed by atoms with Crippen molar-refractivity contribution in [3.8, 4) is 28.8 Å². The molecule has 11 nitrogen and oxygen atoms in total. The topological polar surface area (TPSA) is 130 Å². The van der Waals surface area contributed by atoms with Gasteiger partial charge < -0.3 is 24.4 Å². The molecule has 0 unspecified atom stereocenters. The highest BCUT2D eigenvalue weighted by atomic mass is 32.2. The van der Waals surface area contributed by atoms with Gasteiger partial charge in [0.1, 0.15) is 28.6 Å². The van der Waals surface area contributed by atoms with Gasteiger partial charge in [0.05, 0.1) is 31.6 Å². The fourth-order valence-corrected chi connectivity index (χ4v) is 6.53. The molecular formula is C29H34N6O5S. The van der Waals surface area contributed by atoms with Crippen LogP contribution in [0.4, 0.5) is 11.6 Å². The van der Waals surface area contributed by atoms with Crippen molar-refractivity contribution >= 4 is 21.7 Å². The lowest BCUT2D eigenvalue weighted by Crippen LogP contribution is -2.34. The van der Waals surface area contributed by atoms with E-state index in [1.54, 1.807) is 42.6 Å². The number of benzene rings is 2. The van der Waals surface area contributed by atoms with Crippen LogP contribution in [0, 0.1) is 11.3 Å². The molecule has 2 aromatic carbocycles.